The number of aryl methyl sites for hydroxylation is 1. The SMILES string of the molecule is CCCc1ccc(C(=O)Oc2ccc3c(c2)C(C)c2cc(OC(=O)c4ccc(OCC5CO5)cc4)ccc2-3)cc1. The Kier molecular flexibility index (Phi) is 7.10. The third-order valence-electron chi connectivity index (χ3n) is 7.35. The number of hydrogen-bond donors (Lipinski definition) is 0. The van der Waals surface area contributed by atoms with E-state index in [4.69, 9.17) is 18.9 Å². The lowest BCUT2D eigenvalue weighted by molar-refractivity contribution is 0.0725. The summed E-state index contributed by atoms with van der Waals surface area (Å²) in [5.74, 6) is 0.903. The van der Waals surface area contributed by atoms with E-state index in [-0.39, 0.29) is 18.0 Å². The molecule has 1 saturated heterocycles. The second kappa shape index (κ2) is 11.0. The lowest BCUT2D eigenvalue weighted by Crippen LogP contribution is -2.09. The minimum absolute atomic E-state index is 0.0440. The quantitative estimate of drug-likeness (QED) is 0.131. The molecule has 0 N–H and O–H groups in total. The van der Waals surface area contributed by atoms with Gasteiger partial charge in [-0.25, -0.2) is 9.59 Å². The Bertz CT molecular complexity index is 1550. The van der Waals surface area contributed by atoms with E-state index in [1.54, 1.807) is 24.3 Å². The molecule has 0 amide bonds. The Morgan fingerprint density at radius 1 is 0.750 bits per heavy atom. The second-order valence-corrected chi connectivity index (χ2v) is 10.2. The van der Waals surface area contributed by atoms with Crippen LogP contribution in [-0.2, 0) is 11.2 Å². The van der Waals surface area contributed by atoms with Crippen molar-refractivity contribution in [3.63, 3.8) is 0 Å². The first-order chi connectivity index (χ1) is 19.5. The first-order valence-electron chi connectivity index (χ1n) is 13.6. The molecular weight excluding hydrogens is 504 g/mol. The molecule has 6 nitrogen and oxygen atoms in total. The van der Waals surface area contributed by atoms with E-state index in [1.165, 1.54) is 5.56 Å². The molecule has 6 heteroatoms. The van der Waals surface area contributed by atoms with Crippen LogP contribution in [-0.4, -0.2) is 31.3 Å². The maximum Gasteiger partial charge on any atom is 0.343 e. The smallest absolute Gasteiger partial charge is 0.343 e. The van der Waals surface area contributed by atoms with Gasteiger partial charge in [0, 0.05) is 5.92 Å². The molecule has 2 unspecified atom stereocenters. The summed E-state index contributed by atoms with van der Waals surface area (Å²) in [4.78, 5) is 25.5. The van der Waals surface area contributed by atoms with E-state index >= 15 is 0 Å². The molecule has 2 atom stereocenters. The van der Waals surface area contributed by atoms with E-state index in [1.807, 2.05) is 60.7 Å². The third kappa shape index (κ3) is 5.49. The number of rotatable bonds is 9. The first kappa shape index (κ1) is 25.8. The van der Waals surface area contributed by atoms with Gasteiger partial charge in [-0.15, -0.1) is 0 Å². The zero-order chi connectivity index (χ0) is 27.6. The van der Waals surface area contributed by atoms with Crippen LogP contribution in [0.4, 0.5) is 0 Å². The van der Waals surface area contributed by atoms with Crippen molar-refractivity contribution in [2.24, 2.45) is 0 Å². The van der Waals surface area contributed by atoms with E-state index in [9.17, 15) is 9.59 Å². The number of esters is 2. The van der Waals surface area contributed by atoms with Crippen LogP contribution in [0.15, 0.2) is 84.9 Å². The summed E-state index contributed by atoms with van der Waals surface area (Å²) >= 11 is 0. The molecule has 6 rings (SSSR count). The minimum Gasteiger partial charge on any atom is -0.491 e. The van der Waals surface area contributed by atoms with Gasteiger partial charge in [0.05, 0.1) is 17.7 Å². The van der Waals surface area contributed by atoms with E-state index in [0.29, 0.717) is 35.0 Å². The second-order valence-electron chi connectivity index (χ2n) is 10.2. The molecule has 40 heavy (non-hydrogen) atoms. The predicted octanol–water partition coefficient (Wildman–Crippen LogP) is 6.99. The average Bonchev–Trinajstić information content (AvgIpc) is 3.77. The summed E-state index contributed by atoms with van der Waals surface area (Å²) in [7, 11) is 0. The fraction of sp³-hybridized carbons (Fsp3) is 0.235. The Labute approximate surface area is 233 Å². The molecule has 0 spiro atoms. The molecule has 0 bridgehead atoms. The van der Waals surface area contributed by atoms with Gasteiger partial charge in [-0.1, -0.05) is 44.5 Å². The molecule has 1 fully saturated rings. The molecule has 202 valence electrons. The zero-order valence-electron chi connectivity index (χ0n) is 22.5. The van der Waals surface area contributed by atoms with Crippen LogP contribution in [0, 0.1) is 0 Å². The number of fused-ring (bicyclic) bond motifs is 3. The molecule has 4 aromatic rings. The summed E-state index contributed by atoms with van der Waals surface area (Å²) < 4.78 is 22.2. The highest BCUT2D eigenvalue weighted by atomic mass is 16.6. The fourth-order valence-electron chi connectivity index (χ4n) is 5.05. The molecule has 1 heterocycles. The number of carbonyl (C=O) groups excluding carboxylic acids is 2. The summed E-state index contributed by atoms with van der Waals surface area (Å²) in [6.07, 6.45) is 2.22. The van der Waals surface area contributed by atoms with Crippen LogP contribution in [0.2, 0.25) is 0 Å². The zero-order valence-corrected chi connectivity index (χ0v) is 22.5. The maximum atomic E-state index is 12.8. The number of ether oxygens (including phenoxy) is 4. The Hall–Kier alpha value is -4.42. The first-order valence-corrected chi connectivity index (χ1v) is 13.6. The van der Waals surface area contributed by atoms with Crippen LogP contribution in [0.1, 0.15) is 63.6 Å². The Morgan fingerprint density at radius 2 is 1.25 bits per heavy atom. The maximum absolute atomic E-state index is 12.8. The van der Waals surface area contributed by atoms with Crippen molar-refractivity contribution in [2.45, 2.75) is 38.7 Å². The summed E-state index contributed by atoms with van der Waals surface area (Å²) in [6.45, 7) is 5.47. The largest absolute Gasteiger partial charge is 0.491 e. The highest BCUT2D eigenvalue weighted by Gasteiger charge is 2.27. The van der Waals surface area contributed by atoms with Gasteiger partial charge in [-0.05, 0) is 94.9 Å². The Morgan fingerprint density at radius 3 is 1.75 bits per heavy atom. The number of benzene rings is 4. The highest BCUT2D eigenvalue weighted by Crippen LogP contribution is 2.47. The van der Waals surface area contributed by atoms with E-state index < -0.39 is 5.97 Å². The van der Waals surface area contributed by atoms with E-state index in [2.05, 4.69) is 13.8 Å². The van der Waals surface area contributed by atoms with Crippen LogP contribution in [0.25, 0.3) is 11.1 Å². The molecule has 0 aromatic heterocycles. The molecule has 0 saturated carbocycles. The van der Waals surface area contributed by atoms with Gasteiger partial charge in [0.1, 0.15) is 30.0 Å². The molecule has 4 aromatic carbocycles. The van der Waals surface area contributed by atoms with Gasteiger partial charge in [0.15, 0.2) is 0 Å². The lowest BCUT2D eigenvalue weighted by Gasteiger charge is -2.10. The normalized spacial score (nSPS) is 16.6. The third-order valence-corrected chi connectivity index (χ3v) is 7.35. The van der Waals surface area contributed by atoms with E-state index in [0.717, 1.165) is 41.7 Å². The lowest BCUT2D eigenvalue weighted by atomic mass is 9.99. The summed E-state index contributed by atoms with van der Waals surface area (Å²) in [6, 6.07) is 25.9. The minimum atomic E-state index is -0.433. The number of hydrogen-bond acceptors (Lipinski definition) is 6. The number of epoxide rings is 1. The Balaban J connectivity index is 1.12. The topological polar surface area (TPSA) is 74.4 Å². The molecule has 1 aliphatic heterocycles. The fourth-order valence-corrected chi connectivity index (χ4v) is 5.05. The highest BCUT2D eigenvalue weighted by molar-refractivity contribution is 5.92. The molecule has 2 aliphatic rings. The van der Waals surface area contributed by atoms with Crippen molar-refractivity contribution in [1.29, 1.82) is 0 Å². The monoisotopic (exact) mass is 534 g/mol. The van der Waals surface area contributed by atoms with Gasteiger partial charge < -0.3 is 18.9 Å². The standard InChI is InChI=1S/C34H30O6/c1-3-4-22-5-7-23(8-6-22)33(35)39-26-13-15-29-30-16-14-27(18-32(30)21(2)31(29)17-26)40-34(36)24-9-11-25(12-10-24)37-19-28-20-38-28/h5-18,21,28H,3-4,19-20H2,1-2H3. The van der Waals surface area contributed by atoms with Crippen molar-refractivity contribution >= 4 is 11.9 Å². The number of carbonyl (C=O) groups is 2. The van der Waals surface area contributed by atoms with Crippen molar-refractivity contribution < 1.29 is 28.5 Å². The average molecular weight is 535 g/mol. The van der Waals surface area contributed by atoms with Crippen molar-refractivity contribution in [1.82, 2.24) is 0 Å². The molecule has 0 radical (unpaired) electrons. The van der Waals surface area contributed by atoms with Gasteiger partial charge in [0.25, 0.3) is 0 Å². The van der Waals surface area contributed by atoms with Gasteiger partial charge in [-0.2, -0.15) is 0 Å². The molecular formula is C34H30O6. The van der Waals surface area contributed by atoms with Crippen molar-refractivity contribution in [3.05, 3.63) is 113 Å². The van der Waals surface area contributed by atoms with Crippen LogP contribution in [0.3, 0.4) is 0 Å². The van der Waals surface area contributed by atoms with Gasteiger partial charge >= 0.3 is 11.9 Å². The molecule has 1 aliphatic carbocycles. The summed E-state index contributed by atoms with van der Waals surface area (Å²) in [5, 5.41) is 0. The van der Waals surface area contributed by atoms with Crippen LogP contribution >= 0.6 is 0 Å². The summed E-state index contributed by atoms with van der Waals surface area (Å²) in [5.41, 5.74) is 6.45. The predicted molar refractivity (Wildman–Crippen MR) is 151 cm³/mol. The van der Waals surface area contributed by atoms with Crippen LogP contribution < -0.4 is 14.2 Å². The van der Waals surface area contributed by atoms with Gasteiger partial charge in [0.2, 0.25) is 0 Å². The van der Waals surface area contributed by atoms with Gasteiger partial charge in [-0.3, -0.25) is 0 Å². The van der Waals surface area contributed by atoms with Crippen LogP contribution in [0.5, 0.6) is 17.2 Å². The van der Waals surface area contributed by atoms with Crippen molar-refractivity contribution in [3.8, 4) is 28.4 Å². The van der Waals surface area contributed by atoms with Crippen molar-refractivity contribution in [2.75, 3.05) is 13.2 Å².